The van der Waals surface area contributed by atoms with E-state index in [1.807, 2.05) is 0 Å². The van der Waals surface area contributed by atoms with Crippen molar-refractivity contribution in [1.82, 2.24) is 14.3 Å². The summed E-state index contributed by atoms with van der Waals surface area (Å²) in [5.74, 6) is 0.597. The predicted octanol–water partition coefficient (Wildman–Crippen LogP) is 2.37. The molecule has 0 unspecified atom stereocenters. The highest BCUT2D eigenvalue weighted by molar-refractivity contribution is 7.89. The number of rotatable bonds is 2. The SMILES string of the molecule is C[C@H]1CCCN(S(=O)(=O)c2c[nH]c3ncccc23)CC1. The lowest BCUT2D eigenvalue weighted by molar-refractivity contribution is 0.417. The number of hydrogen-bond acceptors (Lipinski definition) is 3. The van der Waals surface area contributed by atoms with Gasteiger partial charge in [0.05, 0.1) is 0 Å². The van der Waals surface area contributed by atoms with Crippen molar-refractivity contribution in [2.24, 2.45) is 5.92 Å². The van der Waals surface area contributed by atoms with Crippen molar-refractivity contribution in [3.8, 4) is 0 Å². The van der Waals surface area contributed by atoms with E-state index in [1.54, 1.807) is 28.8 Å². The Morgan fingerprint density at radius 3 is 3.05 bits per heavy atom. The van der Waals surface area contributed by atoms with E-state index in [0.717, 1.165) is 19.3 Å². The molecule has 2 aromatic rings. The first kappa shape index (κ1) is 13.6. The van der Waals surface area contributed by atoms with Gasteiger partial charge in [-0.2, -0.15) is 4.31 Å². The van der Waals surface area contributed by atoms with Gasteiger partial charge in [0, 0.05) is 30.9 Å². The zero-order chi connectivity index (χ0) is 14.2. The summed E-state index contributed by atoms with van der Waals surface area (Å²) >= 11 is 0. The third-order valence-corrected chi connectivity index (χ3v) is 5.95. The van der Waals surface area contributed by atoms with Gasteiger partial charge in [0.1, 0.15) is 10.5 Å². The van der Waals surface area contributed by atoms with Crippen molar-refractivity contribution >= 4 is 21.1 Å². The van der Waals surface area contributed by atoms with Gasteiger partial charge in [-0.25, -0.2) is 13.4 Å². The van der Waals surface area contributed by atoms with Crippen LogP contribution in [0.5, 0.6) is 0 Å². The summed E-state index contributed by atoms with van der Waals surface area (Å²) in [5.41, 5.74) is 0.620. The van der Waals surface area contributed by atoms with Crippen LogP contribution in [0.1, 0.15) is 26.2 Å². The smallest absolute Gasteiger partial charge is 0.245 e. The van der Waals surface area contributed by atoms with Gasteiger partial charge in [-0.05, 0) is 37.3 Å². The highest BCUT2D eigenvalue weighted by Gasteiger charge is 2.28. The summed E-state index contributed by atoms with van der Waals surface area (Å²) in [6, 6.07) is 3.56. The predicted molar refractivity (Wildman–Crippen MR) is 77.9 cm³/mol. The van der Waals surface area contributed by atoms with Gasteiger partial charge >= 0.3 is 0 Å². The topological polar surface area (TPSA) is 66.1 Å². The van der Waals surface area contributed by atoms with Gasteiger partial charge in [0.25, 0.3) is 0 Å². The highest BCUT2D eigenvalue weighted by Crippen LogP contribution is 2.27. The van der Waals surface area contributed by atoms with Gasteiger partial charge in [-0.1, -0.05) is 6.92 Å². The van der Waals surface area contributed by atoms with Crippen LogP contribution in [0.25, 0.3) is 11.0 Å². The van der Waals surface area contributed by atoms with Crippen molar-refractivity contribution in [2.45, 2.75) is 31.1 Å². The molecule has 3 rings (SSSR count). The number of aromatic nitrogens is 2. The number of nitrogens with zero attached hydrogens (tertiary/aromatic N) is 2. The molecule has 6 heteroatoms. The molecule has 3 heterocycles. The molecule has 1 atom stereocenters. The quantitative estimate of drug-likeness (QED) is 0.924. The lowest BCUT2D eigenvalue weighted by Gasteiger charge is -2.19. The number of aromatic amines is 1. The maximum absolute atomic E-state index is 12.8. The highest BCUT2D eigenvalue weighted by atomic mass is 32.2. The molecule has 0 bridgehead atoms. The summed E-state index contributed by atoms with van der Waals surface area (Å²) in [6.07, 6.45) is 6.17. The minimum absolute atomic E-state index is 0.343. The Labute approximate surface area is 119 Å². The van der Waals surface area contributed by atoms with Crippen LogP contribution in [0, 0.1) is 5.92 Å². The molecule has 1 saturated heterocycles. The molecule has 20 heavy (non-hydrogen) atoms. The number of H-pyrrole nitrogens is 1. The second-order valence-electron chi connectivity index (χ2n) is 5.49. The maximum Gasteiger partial charge on any atom is 0.245 e. The van der Waals surface area contributed by atoms with E-state index in [2.05, 4.69) is 16.9 Å². The molecule has 1 fully saturated rings. The normalized spacial score (nSPS) is 21.9. The maximum atomic E-state index is 12.8. The van der Waals surface area contributed by atoms with Crippen LogP contribution in [0.3, 0.4) is 0 Å². The third kappa shape index (κ3) is 2.33. The Balaban J connectivity index is 1.99. The molecule has 1 N–H and O–H groups in total. The van der Waals surface area contributed by atoms with Crippen molar-refractivity contribution in [1.29, 1.82) is 0 Å². The lowest BCUT2D eigenvalue weighted by atomic mass is 10.0. The molecule has 0 saturated carbocycles. The van der Waals surface area contributed by atoms with Gasteiger partial charge in [0.2, 0.25) is 10.0 Å². The van der Waals surface area contributed by atoms with Crippen LogP contribution in [-0.2, 0) is 10.0 Å². The van der Waals surface area contributed by atoms with Gasteiger partial charge < -0.3 is 4.98 Å². The molecule has 0 aromatic carbocycles. The molecule has 2 aromatic heterocycles. The third-order valence-electron chi connectivity index (χ3n) is 4.01. The average Bonchev–Trinajstić information content (AvgIpc) is 2.75. The fourth-order valence-electron chi connectivity index (χ4n) is 2.76. The van der Waals surface area contributed by atoms with E-state index in [9.17, 15) is 8.42 Å². The van der Waals surface area contributed by atoms with E-state index in [1.165, 1.54) is 0 Å². The number of hydrogen-bond donors (Lipinski definition) is 1. The van der Waals surface area contributed by atoms with Crippen molar-refractivity contribution in [3.05, 3.63) is 24.5 Å². The number of fused-ring (bicyclic) bond motifs is 1. The summed E-state index contributed by atoms with van der Waals surface area (Å²) < 4.78 is 27.2. The Kier molecular flexibility index (Phi) is 3.52. The molecule has 0 spiro atoms. The second-order valence-corrected chi connectivity index (χ2v) is 7.40. The zero-order valence-corrected chi connectivity index (χ0v) is 12.4. The molecule has 1 aliphatic rings. The molecule has 0 amide bonds. The van der Waals surface area contributed by atoms with Crippen LogP contribution >= 0.6 is 0 Å². The van der Waals surface area contributed by atoms with Crippen molar-refractivity contribution in [2.75, 3.05) is 13.1 Å². The standard InChI is InChI=1S/C14H19N3O2S/c1-11-4-3-8-17(9-6-11)20(18,19)13-10-16-14-12(13)5-2-7-15-14/h2,5,7,10-11H,3-4,6,8-9H2,1H3,(H,15,16)/t11-/m0/s1. The number of pyridine rings is 1. The minimum Gasteiger partial charge on any atom is -0.345 e. The summed E-state index contributed by atoms with van der Waals surface area (Å²) in [6.45, 7) is 3.40. The number of sulfonamides is 1. The van der Waals surface area contributed by atoms with E-state index in [-0.39, 0.29) is 0 Å². The lowest BCUT2D eigenvalue weighted by Crippen LogP contribution is -2.32. The fourth-order valence-corrected chi connectivity index (χ4v) is 4.40. The molecule has 0 aliphatic carbocycles. The number of nitrogens with one attached hydrogen (secondary N) is 1. The van der Waals surface area contributed by atoms with Gasteiger partial charge in [-0.3, -0.25) is 0 Å². The Morgan fingerprint density at radius 2 is 2.20 bits per heavy atom. The molecule has 0 radical (unpaired) electrons. The Morgan fingerprint density at radius 1 is 1.35 bits per heavy atom. The molecule has 1 aliphatic heterocycles. The summed E-state index contributed by atoms with van der Waals surface area (Å²) in [5, 5.41) is 0.671. The minimum atomic E-state index is -3.43. The average molecular weight is 293 g/mol. The Bertz CT molecular complexity index is 708. The van der Waals surface area contributed by atoms with E-state index >= 15 is 0 Å². The van der Waals surface area contributed by atoms with Crippen LogP contribution in [0.4, 0.5) is 0 Å². The first-order chi connectivity index (χ1) is 9.59. The fraction of sp³-hybridized carbons (Fsp3) is 0.500. The largest absolute Gasteiger partial charge is 0.345 e. The molecule has 108 valence electrons. The van der Waals surface area contributed by atoms with Gasteiger partial charge in [0.15, 0.2) is 0 Å². The van der Waals surface area contributed by atoms with Gasteiger partial charge in [-0.15, -0.1) is 0 Å². The van der Waals surface area contributed by atoms with Crippen molar-refractivity contribution < 1.29 is 8.42 Å². The first-order valence-corrected chi connectivity index (χ1v) is 8.45. The van der Waals surface area contributed by atoms with E-state index in [0.29, 0.717) is 34.9 Å². The van der Waals surface area contributed by atoms with E-state index < -0.39 is 10.0 Å². The first-order valence-electron chi connectivity index (χ1n) is 7.01. The second kappa shape index (κ2) is 5.18. The van der Waals surface area contributed by atoms with E-state index in [4.69, 9.17) is 0 Å². The monoisotopic (exact) mass is 293 g/mol. The van der Waals surface area contributed by atoms with Crippen LogP contribution in [0.15, 0.2) is 29.4 Å². The van der Waals surface area contributed by atoms with Crippen LogP contribution in [0.2, 0.25) is 0 Å². The summed E-state index contributed by atoms with van der Waals surface area (Å²) in [7, 11) is -3.43. The zero-order valence-electron chi connectivity index (χ0n) is 11.5. The van der Waals surface area contributed by atoms with Crippen molar-refractivity contribution in [3.63, 3.8) is 0 Å². The molecule has 5 nitrogen and oxygen atoms in total. The summed E-state index contributed by atoms with van der Waals surface area (Å²) in [4.78, 5) is 7.44. The Hall–Kier alpha value is -1.40. The van der Waals surface area contributed by atoms with Crippen LogP contribution in [-0.4, -0.2) is 35.8 Å². The molecular formula is C14H19N3O2S. The van der Waals surface area contributed by atoms with Crippen LogP contribution < -0.4 is 0 Å². The molecular weight excluding hydrogens is 274 g/mol.